The van der Waals surface area contributed by atoms with Gasteiger partial charge in [0.15, 0.2) is 0 Å². The number of hydrogen-bond acceptors (Lipinski definition) is 3. The Labute approximate surface area is 119 Å². The molecule has 0 atom stereocenters. The maximum atomic E-state index is 12.1. The highest BCUT2D eigenvalue weighted by atomic mass is 16.2. The van der Waals surface area contributed by atoms with Crippen molar-refractivity contribution < 1.29 is 9.59 Å². The topological polar surface area (TPSA) is 62.3 Å². The van der Waals surface area contributed by atoms with Crippen LogP contribution in [-0.4, -0.2) is 34.8 Å². The first kappa shape index (κ1) is 14.5. The van der Waals surface area contributed by atoms with Gasteiger partial charge in [-0.1, -0.05) is 25.3 Å². The molecule has 1 saturated heterocycles. The highest BCUT2D eigenvalue weighted by Crippen LogP contribution is 2.11. The predicted molar refractivity (Wildman–Crippen MR) is 77.3 cm³/mol. The molecule has 1 N–H and O–H groups in total. The number of rotatable bonds is 1. The van der Waals surface area contributed by atoms with Crippen LogP contribution in [0, 0.1) is 6.92 Å². The minimum atomic E-state index is -0.594. The number of carbonyl (C=O) groups is 2. The Kier molecular flexibility index (Phi) is 5.09. The molecule has 0 radical (unpaired) electrons. The third-order valence-corrected chi connectivity index (χ3v) is 3.47. The molecular weight excluding hydrogens is 254 g/mol. The molecule has 1 aliphatic rings. The molecule has 2 amide bonds. The van der Waals surface area contributed by atoms with Gasteiger partial charge in [0.2, 0.25) is 0 Å². The van der Waals surface area contributed by atoms with Crippen molar-refractivity contribution in [1.29, 1.82) is 0 Å². The van der Waals surface area contributed by atoms with E-state index >= 15 is 0 Å². The zero-order chi connectivity index (χ0) is 14.4. The van der Waals surface area contributed by atoms with Gasteiger partial charge in [0.25, 0.3) is 0 Å². The van der Waals surface area contributed by atoms with Crippen LogP contribution in [0.15, 0.2) is 18.2 Å². The lowest BCUT2D eigenvalue weighted by Crippen LogP contribution is -2.41. The zero-order valence-electron chi connectivity index (χ0n) is 11.9. The third kappa shape index (κ3) is 4.05. The number of likely N-dealkylation sites (tertiary alicyclic amines) is 1. The van der Waals surface area contributed by atoms with Crippen LogP contribution in [0.2, 0.25) is 0 Å². The summed E-state index contributed by atoms with van der Waals surface area (Å²) in [6, 6.07) is 5.33. The average molecular weight is 275 g/mol. The van der Waals surface area contributed by atoms with Crippen LogP contribution in [0.5, 0.6) is 0 Å². The molecule has 20 heavy (non-hydrogen) atoms. The van der Waals surface area contributed by atoms with Crippen molar-refractivity contribution in [3.63, 3.8) is 0 Å². The molecule has 2 rings (SSSR count). The first-order valence-corrected chi connectivity index (χ1v) is 7.21. The summed E-state index contributed by atoms with van der Waals surface area (Å²) in [5, 5.41) is 2.57. The van der Waals surface area contributed by atoms with Crippen LogP contribution in [0.4, 0.5) is 5.82 Å². The van der Waals surface area contributed by atoms with E-state index in [9.17, 15) is 9.59 Å². The van der Waals surface area contributed by atoms with E-state index in [0.29, 0.717) is 18.9 Å². The van der Waals surface area contributed by atoms with E-state index in [-0.39, 0.29) is 0 Å². The quantitative estimate of drug-likeness (QED) is 0.799. The SMILES string of the molecule is Cc1cccc(NC(=O)C(=O)N2CCCCCCC2)n1. The summed E-state index contributed by atoms with van der Waals surface area (Å²) in [4.78, 5) is 29.9. The number of pyridine rings is 1. The molecule has 0 bridgehead atoms. The number of amides is 2. The largest absolute Gasteiger partial charge is 0.334 e. The molecule has 1 aromatic rings. The summed E-state index contributed by atoms with van der Waals surface area (Å²) >= 11 is 0. The second-order valence-corrected chi connectivity index (χ2v) is 5.18. The molecule has 0 aliphatic carbocycles. The van der Waals surface area contributed by atoms with Gasteiger partial charge < -0.3 is 10.2 Å². The molecule has 108 valence electrons. The van der Waals surface area contributed by atoms with Crippen LogP contribution in [0.25, 0.3) is 0 Å². The van der Waals surface area contributed by atoms with Gasteiger partial charge in [-0.3, -0.25) is 9.59 Å². The molecule has 5 nitrogen and oxygen atoms in total. The van der Waals surface area contributed by atoms with E-state index in [0.717, 1.165) is 31.4 Å². The standard InChI is InChI=1S/C15H21N3O2/c1-12-8-7-9-13(16-12)17-14(19)15(20)18-10-5-3-2-4-6-11-18/h7-9H,2-6,10-11H2,1H3,(H,16,17,19). The van der Waals surface area contributed by atoms with E-state index in [1.807, 2.05) is 13.0 Å². The fraction of sp³-hybridized carbons (Fsp3) is 0.533. The highest BCUT2D eigenvalue weighted by Gasteiger charge is 2.22. The summed E-state index contributed by atoms with van der Waals surface area (Å²) in [6.45, 7) is 3.19. The Bertz CT molecular complexity index is 480. The van der Waals surface area contributed by atoms with E-state index in [1.54, 1.807) is 17.0 Å². The number of aryl methyl sites for hydroxylation is 1. The molecule has 0 saturated carbocycles. The molecule has 0 spiro atoms. The minimum absolute atomic E-state index is 0.426. The predicted octanol–water partition coefficient (Wildman–Crippen LogP) is 2.12. The molecule has 5 heteroatoms. The Morgan fingerprint density at radius 2 is 1.75 bits per heavy atom. The van der Waals surface area contributed by atoms with Gasteiger partial charge in [-0.2, -0.15) is 0 Å². The Morgan fingerprint density at radius 3 is 2.40 bits per heavy atom. The lowest BCUT2D eigenvalue weighted by molar-refractivity contribution is -0.143. The molecular formula is C15H21N3O2. The average Bonchev–Trinajstić information content (AvgIpc) is 2.37. The Balaban J connectivity index is 1.95. The molecule has 0 aromatic carbocycles. The van der Waals surface area contributed by atoms with Crippen molar-refractivity contribution in [2.75, 3.05) is 18.4 Å². The van der Waals surface area contributed by atoms with Gasteiger partial charge in [-0.15, -0.1) is 0 Å². The number of nitrogens with one attached hydrogen (secondary N) is 1. The Morgan fingerprint density at radius 1 is 1.10 bits per heavy atom. The summed E-state index contributed by atoms with van der Waals surface area (Å²) in [7, 11) is 0. The first-order valence-electron chi connectivity index (χ1n) is 7.21. The number of carbonyl (C=O) groups excluding carboxylic acids is 2. The number of hydrogen-bond donors (Lipinski definition) is 1. The van der Waals surface area contributed by atoms with E-state index in [1.165, 1.54) is 6.42 Å². The van der Waals surface area contributed by atoms with Crippen molar-refractivity contribution in [2.24, 2.45) is 0 Å². The summed E-state index contributed by atoms with van der Waals surface area (Å²) in [6.07, 6.45) is 5.43. The maximum Gasteiger partial charge on any atom is 0.315 e. The van der Waals surface area contributed by atoms with Crippen LogP contribution in [-0.2, 0) is 9.59 Å². The molecule has 1 fully saturated rings. The van der Waals surface area contributed by atoms with Crippen LogP contribution >= 0.6 is 0 Å². The summed E-state index contributed by atoms with van der Waals surface area (Å²) in [5.74, 6) is -0.616. The third-order valence-electron chi connectivity index (χ3n) is 3.47. The van der Waals surface area contributed by atoms with Crippen molar-refractivity contribution in [1.82, 2.24) is 9.88 Å². The smallest absolute Gasteiger partial charge is 0.315 e. The van der Waals surface area contributed by atoms with Gasteiger partial charge in [0.05, 0.1) is 0 Å². The van der Waals surface area contributed by atoms with Crippen LogP contribution in [0.3, 0.4) is 0 Å². The summed E-state index contributed by atoms with van der Waals surface area (Å²) < 4.78 is 0. The van der Waals surface area contributed by atoms with E-state index in [2.05, 4.69) is 10.3 Å². The first-order chi connectivity index (χ1) is 9.66. The van der Waals surface area contributed by atoms with Gasteiger partial charge in [0.1, 0.15) is 5.82 Å². The number of aromatic nitrogens is 1. The molecule has 0 unspecified atom stereocenters. The monoisotopic (exact) mass is 275 g/mol. The summed E-state index contributed by atoms with van der Waals surface area (Å²) in [5.41, 5.74) is 0.807. The van der Waals surface area contributed by atoms with E-state index < -0.39 is 11.8 Å². The van der Waals surface area contributed by atoms with Gasteiger partial charge in [-0.05, 0) is 31.9 Å². The number of nitrogens with zero attached hydrogens (tertiary/aromatic N) is 2. The molecule has 2 heterocycles. The lowest BCUT2D eigenvalue weighted by atomic mass is 10.1. The second kappa shape index (κ2) is 7.03. The zero-order valence-corrected chi connectivity index (χ0v) is 11.9. The fourth-order valence-corrected chi connectivity index (χ4v) is 2.38. The van der Waals surface area contributed by atoms with Crippen molar-refractivity contribution in [3.05, 3.63) is 23.9 Å². The van der Waals surface area contributed by atoms with Crippen molar-refractivity contribution in [2.45, 2.75) is 39.0 Å². The normalized spacial score (nSPS) is 16.1. The lowest BCUT2D eigenvalue weighted by Gasteiger charge is -2.24. The molecule has 1 aromatic heterocycles. The van der Waals surface area contributed by atoms with Crippen molar-refractivity contribution in [3.8, 4) is 0 Å². The van der Waals surface area contributed by atoms with Gasteiger partial charge in [-0.25, -0.2) is 4.98 Å². The fourth-order valence-electron chi connectivity index (χ4n) is 2.38. The maximum absolute atomic E-state index is 12.1. The van der Waals surface area contributed by atoms with Gasteiger partial charge >= 0.3 is 11.8 Å². The second-order valence-electron chi connectivity index (χ2n) is 5.18. The molecule has 1 aliphatic heterocycles. The number of anilines is 1. The van der Waals surface area contributed by atoms with Crippen LogP contribution < -0.4 is 5.32 Å². The van der Waals surface area contributed by atoms with Crippen molar-refractivity contribution >= 4 is 17.6 Å². The highest BCUT2D eigenvalue weighted by molar-refractivity contribution is 6.39. The minimum Gasteiger partial charge on any atom is -0.334 e. The van der Waals surface area contributed by atoms with E-state index in [4.69, 9.17) is 0 Å². The Hall–Kier alpha value is -1.91. The van der Waals surface area contributed by atoms with Gasteiger partial charge in [0, 0.05) is 18.8 Å². The van der Waals surface area contributed by atoms with Crippen LogP contribution in [0.1, 0.15) is 37.8 Å².